The van der Waals surface area contributed by atoms with Gasteiger partial charge in [0.25, 0.3) is 0 Å². The minimum absolute atomic E-state index is 0.292. The summed E-state index contributed by atoms with van der Waals surface area (Å²) in [5.41, 5.74) is 4.65. The Morgan fingerprint density at radius 1 is 0.759 bits per heavy atom. The molecular weight excluding hydrogens is 384 g/mol. The lowest BCUT2D eigenvalue weighted by Gasteiger charge is -2.35. The lowest BCUT2D eigenvalue weighted by Crippen LogP contribution is -2.47. The summed E-state index contributed by atoms with van der Waals surface area (Å²) in [5, 5.41) is 10.2. The fraction of sp³-hybridized carbons (Fsp3) is 0.250. The van der Waals surface area contributed by atoms with Gasteiger partial charge in [0.15, 0.2) is 0 Å². The van der Waals surface area contributed by atoms with Crippen LogP contribution >= 0.6 is 11.6 Å². The van der Waals surface area contributed by atoms with Crippen LogP contribution in [0.5, 0.6) is 5.75 Å². The van der Waals surface area contributed by atoms with Crippen molar-refractivity contribution in [2.24, 2.45) is 0 Å². The van der Waals surface area contributed by atoms with Crippen LogP contribution in [-0.2, 0) is 11.3 Å². The summed E-state index contributed by atoms with van der Waals surface area (Å²) in [5.74, 6) is 0.292. The smallest absolute Gasteiger partial charge is 0.115 e. The normalized spacial score (nSPS) is 14.9. The number of hydrogen-bond donors (Lipinski definition) is 1. The van der Waals surface area contributed by atoms with Crippen LogP contribution in [0.3, 0.4) is 0 Å². The highest BCUT2D eigenvalue weighted by Gasteiger charge is 2.17. The second-order valence-electron chi connectivity index (χ2n) is 7.30. The SMILES string of the molecule is Oc1ccc(-c2ccc(N3CCN(COCc4ccc(Cl)cc4)CC3)cc2)cc1. The van der Waals surface area contributed by atoms with E-state index in [1.165, 1.54) is 5.69 Å². The Hall–Kier alpha value is -2.53. The standard InChI is InChI=1S/C24H25ClN2O2/c25-22-7-1-19(2-8-22)17-29-18-26-13-15-27(16-14-26)23-9-3-20(4-10-23)21-5-11-24(28)12-6-21/h1-12,28H,13-18H2. The van der Waals surface area contributed by atoms with Crippen molar-refractivity contribution in [1.29, 1.82) is 0 Å². The van der Waals surface area contributed by atoms with Gasteiger partial charge < -0.3 is 14.7 Å². The topological polar surface area (TPSA) is 35.9 Å². The number of aromatic hydroxyl groups is 1. The Labute approximate surface area is 176 Å². The second kappa shape index (κ2) is 9.31. The minimum Gasteiger partial charge on any atom is -0.508 e. The Bertz CT molecular complexity index is 903. The fourth-order valence-corrected chi connectivity index (χ4v) is 3.65. The van der Waals surface area contributed by atoms with Gasteiger partial charge in [-0.3, -0.25) is 4.90 Å². The molecule has 3 aromatic rings. The number of piperazine rings is 1. The quantitative estimate of drug-likeness (QED) is 0.622. The maximum Gasteiger partial charge on any atom is 0.115 e. The monoisotopic (exact) mass is 408 g/mol. The molecule has 3 aromatic carbocycles. The largest absolute Gasteiger partial charge is 0.508 e. The van der Waals surface area contributed by atoms with Gasteiger partial charge in [-0.2, -0.15) is 0 Å². The third-order valence-electron chi connectivity index (χ3n) is 5.26. The highest BCUT2D eigenvalue weighted by atomic mass is 35.5. The van der Waals surface area contributed by atoms with Gasteiger partial charge in [-0.25, -0.2) is 0 Å². The molecule has 0 radical (unpaired) electrons. The number of phenols is 1. The molecule has 0 spiro atoms. The highest BCUT2D eigenvalue weighted by molar-refractivity contribution is 6.30. The van der Waals surface area contributed by atoms with Gasteiger partial charge in [0.2, 0.25) is 0 Å². The van der Waals surface area contributed by atoms with Crippen LogP contribution in [0.2, 0.25) is 5.02 Å². The lowest BCUT2D eigenvalue weighted by molar-refractivity contribution is 0.0161. The van der Waals surface area contributed by atoms with Gasteiger partial charge in [0.05, 0.1) is 13.3 Å². The molecule has 0 unspecified atom stereocenters. The van der Waals surface area contributed by atoms with Gasteiger partial charge in [0.1, 0.15) is 5.75 Å². The Morgan fingerprint density at radius 2 is 1.34 bits per heavy atom. The number of halogens is 1. The number of benzene rings is 3. The lowest BCUT2D eigenvalue weighted by atomic mass is 10.0. The molecular formula is C24H25ClN2O2. The van der Waals surface area contributed by atoms with Gasteiger partial charge in [-0.05, 0) is 53.1 Å². The fourth-order valence-electron chi connectivity index (χ4n) is 3.53. The molecule has 1 aliphatic heterocycles. The van der Waals surface area contributed by atoms with E-state index >= 15 is 0 Å². The van der Waals surface area contributed by atoms with E-state index in [0.29, 0.717) is 19.1 Å². The molecule has 0 atom stereocenters. The maximum atomic E-state index is 9.44. The van der Waals surface area contributed by atoms with Crippen molar-refractivity contribution in [2.75, 3.05) is 37.8 Å². The van der Waals surface area contributed by atoms with Crippen molar-refractivity contribution in [2.45, 2.75) is 6.61 Å². The molecule has 29 heavy (non-hydrogen) atoms. The first-order chi connectivity index (χ1) is 14.2. The number of ether oxygens (including phenoxy) is 1. The van der Waals surface area contributed by atoms with Crippen molar-refractivity contribution >= 4 is 17.3 Å². The number of nitrogens with zero attached hydrogens (tertiary/aromatic N) is 2. The van der Waals surface area contributed by atoms with Crippen molar-refractivity contribution in [3.05, 3.63) is 83.4 Å². The molecule has 1 saturated heterocycles. The zero-order valence-electron chi connectivity index (χ0n) is 16.3. The first kappa shape index (κ1) is 19.8. The molecule has 1 heterocycles. The molecule has 5 heteroatoms. The van der Waals surface area contributed by atoms with Gasteiger partial charge >= 0.3 is 0 Å². The summed E-state index contributed by atoms with van der Waals surface area (Å²) in [6.07, 6.45) is 0. The molecule has 0 amide bonds. The zero-order valence-corrected chi connectivity index (χ0v) is 17.1. The molecule has 0 saturated carbocycles. The average molecular weight is 409 g/mol. The molecule has 0 aromatic heterocycles. The Kier molecular flexibility index (Phi) is 6.35. The third-order valence-corrected chi connectivity index (χ3v) is 5.51. The minimum atomic E-state index is 0.292. The summed E-state index contributed by atoms with van der Waals surface area (Å²) < 4.78 is 5.86. The van der Waals surface area contributed by atoms with Crippen molar-refractivity contribution in [3.8, 4) is 16.9 Å². The first-order valence-electron chi connectivity index (χ1n) is 9.86. The highest BCUT2D eigenvalue weighted by Crippen LogP contribution is 2.25. The van der Waals surface area contributed by atoms with Crippen molar-refractivity contribution in [3.63, 3.8) is 0 Å². The summed E-state index contributed by atoms with van der Waals surface area (Å²) in [6, 6.07) is 23.7. The van der Waals surface area contributed by atoms with Crippen LogP contribution in [0.15, 0.2) is 72.8 Å². The van der Waals surface area contributed by atoms with Crippen LogP contribution in [0.1, 0.15) is 5.56 Å². The maximum absolute atomic E-state index is 9.44. The summed E-state index contributed by atoms with van der Waals surface area (Å²) in [7, 11) is 0. The van der Waals surface area contributed by atoms with E-state index < -0.39 is 0 Å². The Morgan fingerprint density at radius 3 is 1.97 bits per heavy atom. The molecule has 1 fully saturated rings. The van der Waals surface area contributed by atoms with Crippen LogP contribution < -0.4 is 4.90 Å². The van der Waals surface area contributed by atoms with E-state index in [1.807, 2.05) is 36.4 Å². The second-order valence-corrected chi connectivity index (χ2v) is 7.74. The van der Waals surface area contributed by atoms with Gasteiger partial charge in [-0.15, -0.1) is 0 Å². The number of hydrogen-bond acceptors (Lipinski definition) is 4. The third kappa shape index (κ3) is 5.30. The number of phenolic OH excluding ortho intramolecular Hbond substituents is 1. The van der Waals surface area contributed by atoms with E-state index in [9.17, 15) is 5.11 Å². The van der Waals surface area contributed by atoms with Crippen LogP contribution in [0, 0.1) is 0 Å². The van der Waals surface area contributed by atoms with E-state index in [0.717, 1.165) is 47.9 Å². The number of anilines is 1. The van der Waals surface area contributed by atoms with Gasteiger partial charge in [0, 0.05) is 36.9 Å². The average Bonchev–Trinajstić information content (AvgIpc) is 2.76. The first-order valence-corrected chi connectivity index (χ1v) is 10.2. The van der Waals surface area contributed by atoms with E-state index in [-0.39, 0.29) is 0 Å². The van der Waals surface area contributed by atoms with Crippen molar-refractivity contribution < 1.29 is 9.84 Å². The van der Waals surface area contributed by atoms with Crippen molar-refractivity contribution in [1.82, 2.24) is 4.90 Å². The number of rotatable bonds is 6. The molecule has 0 aliphatic carbocycles. The van der Waals surface area contributed by atoms with E-state index in [1.54, 1.807) is 12.1 Å². The summed E-state index contributed by atoms with van der Waals surface area (Å²) in [6.45, 7) is 5.21. The molecule has 0 bridgehead atoms. The molecule has 4 nitrogen and oxygen atoms in total. The summed E-state index contributed by atoms with van der Waals surface area (Å²) in [4.78, 5) is 4.76. The zero-order chi connectivity index (χ0) is 20.1. The summed E-state index contributed by atoms with van der Waals surface area (Å²) >= 11 is 5.91. The predicted octanol–water partition coefficient (Wildman–Crippen LogP) is 5.01. The molecule has 1 aliphatic rings. The van der Waals surface area contributed by atoms with E-state index in [4.69, 9.17) is 16.3 Å². The van der Waals surface area contributed by atoms with E-state index in [2.05, 4.69) is 34.1 Å². The Balaban J connectivity index is 1.25. The van der Waals surface area contributed by atoms with Crippen LogP contribution in [-0.4, -0.2) is 42.9 Å². The van der Waals surface area contributed by atoms with Gasteiger partial charge in [-0.1, -0.05) is 48.0 Å². The van der Waals surface area contributed by atoms with Crippen LogP contribution in [0.4, 0.5) is 5.69 Å². The molecule has 4 rings (SSSR count). The molecule has 150 valence electrons. The predicted molar refractivity (Wildman–Crippen MR) is 118 cm³/mol. The van der Waals surface area contributed by atoms with Crippen LogP contribution in [0.25, 0.3) is 11.1 Å². The molecule has 1 N–H and O–H groups in total.